The van der Waals surface area contributed by atoms with Gasteiger partial charge in [0.25, 0.3) is 5.91 Å². The quantitative estimate of drug-likeness (QED) is 0.355. The monoisotopic (exact) mass is 535 g/mol. The fourth-order valence-corrected chi connectivity index (χ4v) is 6.40. The average molecular weight is 536 g/mol. The minimum atomic E-state index is -0.816. The molecule has 0 saturated carbocycles. The highest BCUT2D eigenvalue weighted by Gasteiger charge is 2.37. The van der Waals surface area contributed by atoms with Crippen molar-refractivity contribution in [2.45, 2.75) is 71.4 Å². The van der Waals surface area contributed by atoms with E-state index < -0.39 is 5.79 Å². The Kier molecular flexibility index (Phi) is 7.63. The lowest BCUT2D eigenvalue weighted by Gasteiger charge is -2.26. The van der Waals surface area contributed by atoms with E-state index in [1.54, 1.807) is 30.6 Å². The van der Waals surface area contributed by atoms with E-state index in [1.807, 2.05) is 36.9 Å². The SMILES string of the molecule is CCC1C[C@@H](CN(Cc2nc(-c3ccccc3)cs2)C(=O)c2cc(OC)c3c(c2)OC(C)(C)O3)NC1CC. The molecular formula is C30H37N3O4S. The van der Waals surface area contributed by atoms with E-state index >= 15 is 0 Å². The van der Waals surface area contributed by atoms with Crippen LogP contribution in [0.15, 0.2) is 47.8 Å². The maximum atomic E-state index is 14.1. The number of carbonyl (C=O) groups excluding carboxylic acids is 1. The Bertz CT molecular complexity index is 1260. The Labute approximate surface area is 229 Å². The summed E-state index contributed by atoms with van der Waals surface area (Å²) >= 11 is 1.59. The van der Waals surface area contributed by atoms with Crippen molar-refractivity contribution in [3.8, 4) is 28.5 Å². The second-order valence-corrected chi connectivity index (χ2v) is 11.5. The number of nitrogens with zero attached hydrogens (tertiary/aromatic N) is 2. The first-order chi connectivity index (χ1) is 18.3. The zero-order valence-corrected chi connectivity index (χ0v) is 23.6. The van der Waals surface area contributed by atoms with Gasteiger partial charge in [-0.05, 0) is 30.9 Å². The lowest BCUT2D eigenvalue weighted by molar-refractivity contribution is -0.0439. The van der Waals surface area contributed by atoms with Crippen molar-refractivity contribution in [2.75, 3.05) is 13.7 Å². The molecule has 0 spiro atoms. The molecule has 3 aromatic rings. The number of amides is 1. The van der Waals surface area contributed by atoms with Crippen LogP contribution in [0.2, 0.25) is 0 Å². The molecule has 202 valence electrons. The van der Waals surface area contributed by atoms with Gasteiger partial charge in [-0.2, -0.15) is 0 Å². The van der Waals surface area contributed by atoms with Crippen molar-refractivity contribution in [1.29, 1.82) is 0 Å². The van der Waals surface area contributed by atoms with Gasteiger partial charge in [-0.25, -0.2) is 4.98 Å². The molecule has 7 nitrogen and oxygen atoms in total. The van der Waals surface area contributed by atoms with Crippen LogP contribution in [0.4, 0.5) is 0 Å². The van der Waals surface area contributed by atoms with Crippen LogP contribution in [0.25, 0.3) is 11.3 Å². The smallest absolute Gasteiger partial charge is 0.254 e. The molecule has 1 aromatic heterocycles. The van der Waals surface area contributed by atoms with Crippen molar-refractivity contribution < 1.29 is 19.0 Å². The first-order valence-corrected chi connectivity index (χ1v) is 14.3. The summed E-state index contributed by atoms with van der Waals surface area (Å²) in [5, 5.41) is 6.76. The van der Waals surface area contributed by atoms with Crippen LogP contribution in [0.1, 0.15) is 62.3 Å². The van der Waals surface area contributed by atoms with E-state index in [1.165, 1.54) is 0 Å². The number of ether oxygens (including phenoxy) is 3. The number of methoxy groups -OCH3 is 1. The van der Waals surface area contributed by atoms with Gasteiger partial charge in [-0.15, -0.1) is 11.3 Å². The topological polar surface area (TPSA) is 72.9 Å². The number of hydrogen-bond acceptors (Lipinski definition) is 7. The number of benzene rings is 2. The van der Waals surface area contributed by atoms with E-state index in [0.29, 0.717) is 47.9 Å². The van der Waals surface area contributed by atoms with Gasteiger partial charge in [0.05, 0.1) is 19.3 Å². The lowest BCUT2D eigenvalue weighted by Crippen LogP contribution is -2.42. The number of fused-ring (bicyclic) bond motifs is 1. The Morgan fingerprint density at radius 2 is 1.97 bits per heavy atom. The van der Waals surface area contributed by atoms with Gasteiger partial charge in [-0.1, -0.05) is 50.6 Å². The van der Waals surface area contributed by atoms with Crippen molar-refractivity contribution in [3.63, 3.8) is 0 Å². The van der Waals surface area contributed by atoms with Crippen LogP contribution in [0, 0.1) is 5.92 Å². The van der Waals surface area contributed by atoms with Crippen LogP contribution >= 0.6 is 11.3 Å². The molecule has 5 rings (SSSR count). The van der Waals surface area contributed by atoms with Crippen LogP contribution in [0.3, 0.4) is 0 Å². The summed E-state index contributed by atoms with van der Waals surface area (Å²) in [5.74, 6) is 1.28. The Morgan fingerprint density at radius 1 is 1.18 bits per heavy atom. The average Bonchev–Trinajstić information content (AvgIpc) is 3.63. The fraction of sp³-hybridized carbons (Fsp3) is 0.467. The minimum absolute atomic E-state index is 0.0781. The lowest BCUT2D eigenvalue weighted by atomic mass is 9.94. The standard InChI is InChI=1S/C30H37N3O4S/c1-6-19-13-22(31-23(19)7-2)16-33(17-27-32-24(18-38-27)20-11-9-8-10-12-20)29(34)21-14-25(35-5)28-26(15-21)36-30(3,4)37-28/h8-12,14-15,18-19,22-23,31H,6-7,13,16-17H2,1-5H3/t19?,22-,23?/m0/s1. The minimum Gasteiger partial charge on any atom is -0.493 e. The van der Waals surface area contributed by atoms with Crippen LogP contribution in [-0.2, 0) is 6.54 Å². The highest BCUT2D eigenvalue weighted by molar-refractivity contribution is 7.09. The van der Waals surface area contributed by atoms with E-state index in [2.05, 4.69) is 36.7 Å². The molecule has 3 heterocycles. The first-order valence-electron chi connectivity index (χ1n) is 13.4. The zero-order valence-electron chi connectivity index (χ0n) is 22.8. The maximum Gasteiger partial charge on any atom is 0.254 e. The third kappa shape index (κ3) is 5.52. The zero-order chi connectivity index (χ0) is 26.9. The molecule has 1 saturated heterocycles. The van der Waals surface area contributed by atoms with Gasteiger partial charge in [0.1, 0.15) is 5.01 Å². The van der Waals surface area contributed by atoms with Crippen molar-refractivity contribution >= 4 is 17.2 Å². The number of aromatic nitrogens is 1. The molecule has 1 amide bonds. The summed E-state index contributed by atoms with van der Waals surface area (Å²) in [7, 11) is 1.58. The van der Waals surface area contributed by atoms with Crippen LogP contribution < -0.4 is 19.5 Å². The molecule has 38 heavy (non-hydrogen) atoms. The molecule has 0 aliphatic carbocycles. The second-order valence-electron chi connectivity index (χ2n) is 10.6. The third-order valence-electron chi connectivity index (χ3n) is 7.44. The second kappa shape index (κ2) is 10.9. The summed E-state index contributed by atoms with van der Waals surface area (Å²) in [6.45, 7) is 9.20. The molecule has 8 heteroatoms. The normalized spacial score (nSPS) is 21.4. The molecule has 3 atom stereocenters. The van der Waals surface area contributed by atoms with E-state index in [9.17, 15) is 4.79 Å². The Balaban J connectivity index is 1.43. The van der Waals surface area contributed by atoms with E-state index in [-0.39, 0.29) is 11.9 Å². The van der Waals surface area contributed by atoms with Crippen molar-refractivity contribution in [2.24, 2.45) is 5.92 Å². The molecule has 0 bridgehead atoms. The summed E-state index contributed by atoms with van der Waals surface area (Å²) < 4.78 is 17.5. The van der Waals surface area contributed by atoms with E-state index in [0.717, 1.165) is 35.5 Å². The van der Waals surface area contributed by atoms with Crippen molar-refractivity contribution in [3.05, 3.63) is 58.4 Å². The number of hydrogen-bond donors (Lipinski definition) is 1. The number of nitrogens with one attached hydrogen (secondary N) is 1. The summed E-state index contributed by atoms with van der Waals surface area (Å²) in [6, 6.07) is 14.4. The first kappa shape index (κ1) is 26.5. The number of carbonyl (C=O) groups is 1. The van der Waals surface area contributed by atoms with Gasteiger partial charge in [-0.3, -0.25) is 4.79 Å². The largest absolute Gasteiger partial charge is 0.493 e. The van der Waals surface area contributed by atoms with E-state index in [4.69, 9.17) is 19.2 Å². The van der Waals surface area contributed by atoms with Gasteiger partial charge < -0.3 is 24.4 Å². The molecule has 2 aromatic carbocycles. The van der Waals surface area contributed by atoms with Gasteiger partial charge in [0.15, 0.2) is 11.5 Å². The van der Waals surface area contributed by atoms with Gasteiger partial charge in [0, 0.05) is 49.0 Å². The Hall–Kier alpha value is -3.10. The maximum absolute atomic E-state index is 14.1. The Morgan fingerprint density at radius 3 is 2.66 bits per heavy atom. The third-order valence-corrected chi connectivity index (χ3v) is 8.27. The highest BCUT2D eigenvalue weighted by atomic mass is 32.1. The number of thiazole rings is 1. The molecule has 2 unspecified atom stereocenters. The molecule has 1 N–H and O–H groups in total. The van der Waals surface area contributed by atoms with Crippen molar-refractivity contribution in [1.82, 2.24) is 15.2 Å². The van der Waals surface area contributed by atoms with Gasteiger partial charge in [0.2, 0.25) is 11.5 Å². The number of rotatable bonds is 9. The molecular weight excluding hydrogens is 498 g/mol. The molecule has 2 aliphatic heterocycles. The summed E-state index contributed by atoms with van der Waals surface area (Å²) in [5.41, 5.74) is 2.52. The van der Waals surface area contributed by atoms with Crippen LogP contribution in [0.5, 0.6) is 17.2 Å². The predicted octanol–water partition coefficient (Wildman–Crippen LogP) is 6.14. The fourth-order valence-electron chi connectivity index (χ4n) is 5.58. The highest BCUT2D eigenvalue weighted by Crippen LogP contribution is 2.47. The predicted molar refractivity (Wildman–Crippen MR) is 150 cm³/mol. The summed E-state index contributed by atoms with van der Waals surface area (Å²) in [6.07, 6.45) is 3.29. The molecule has 1 fully saturated rings. The molecule has 2 aliphatic rings. The van der Waals surface area contributed by atoms with Gasteiger partial charge >= 0.3 is 0 Å². The van der Waals surface area contributed by atoms with Crippen LogP contribution in [-0.4, -0.2) is 47.3 Å². The summed E-state index contributed by atoms with van der Waals surface area (Å²) in [4.78, 5) is 20.9. The molecule has 0 radical (unpaired) electrons.